The van der Waals surface area contributed by atoms with Crippen molar-refractivity contribution in [2.24, 2.45) is 0 Å². The van der Waals surface area contributed by atoms with Crippen LogP contribution in [0.1, 0.15) is 6.42 Å². The van der Waals surface area contributed by atoms with Crippen molar-refractivity contribution in [3.05, 3.63) is 76.4 Å². The maximum atomic E-state index is 12.9. The van der Waals surface area contributed by atoms with Gasteiger partial charge in [-0.25, -0.2) is 17.2 Å². The third kappa shape index (κ3) is 5.07. The molecule has 2 aromatic carbocycles. The van der Waals surface area contributed by atoms with Gasteiger partial charge in [0.15, 0.2) is 0 Å². The van der Waals surface area contributed by atoms with Crippen LogP contribution in [-0.4, -0.2) is 49.6 Å². The Balaban J connectivity index is 1.48. The molecule has 0 aliphatic rings. The molecule has 7 nitrogen and oxygen atoms in total. The zero-order valence-electron chi connectivity index (χ0n) is 18.7. The first-order valence-electron chi connectivity index (χ1n) is 10.6. The van der Waals surface area contributed by atoms with Crippen molar-refractivity contribution in [1.29, 1.82) is 0 Å². The molecule has 10 heteroatoms. The summed E-state index contributed by atoms with van der Waals surface area (Å²) in [6, 6.07) is 18.2. The number of anilines is 1. The Hall–Kier alpha value is -2.59. The number of sulfonamides is 1. The highest BCUT2D eigenvalue weighted by Gasteiger charge is 2.21. The fourth-order valence-electron chi connectivity index (χ4n) is 3.61. The van der Waals surface area contributed by atoms with Gasteiger partial charge in [-0.15, -0.1) is 0 Å². The summed E-state index contributed by atoms with van der Waals surface area (Å²) in [5.41, 5.74) is 2.78. The van der Waals surface area contributed by atoms with Gasteiger partial charge in [-0.05, 0) is 58.2 Å². The van der Waals surface area contributed by atoms with Crippen LogP contribution in [0.25, 0.3) is 16.6 Å². The number of nitrogens with one attached hydrogen (secondary N) is 1. The van der Waals surface area contributed by atoms with Crippen LogP contribution in [-0.2, 0) is 10.0 Å². The number of hydrogen-bond acceptors (Lipinski definition) is 5. The van der Waals surface area contributed by atoms with Crippen molar-refractivity contribution in [2.75, 3.05) is 32.6 Å². The summed E-state index contributed by atoms with van der Waals surface area (Å²) in [6.45, 7) is 0.902. The number of methoxy groups -OCH3 is 1. The predicted octanol–water partition coefficient (Wildman–Crippen LogP) is 5.55. The SMILES string of the molecule is COc1cccc(S(=O)(=O)N(C)CCCNc2cc(-c3ccccc3Cl)cc3c(Br)cnn23)c1. The van der Waals surface area contributed by atoms with E-state index in [-0.39, 0.29) is 4.90 Å². The van der Waals surface area contributed by atoms with Crippen LogP contribution in [0.3, 0.4) is 0 Å². The predicted molar refractivity (Wildman–Crippen MR) is 139 cm³/mol. The first-order chi connectivity index (χ1) is 16.3. The quantitative estimate of drug-likeness (QED) is 0.270. The monoisotopic (exact) mass is 562 g/mol. The lowest BCUT2D eigenvalue weighted by Gasteiger charge is -2.18. The van der Waals surface area contributed by atoms with Crippen LogP contribution < -0.4 is 10.1 Å². The Kier molecular flexibility index (Phi) is 7.47. The second-order valence-corrected chi connectivity index (χ2v) is 11.0. The number of aromatic nitrogens is 2. The summed E-state index contributed by atoms with van der Waals surface area (Å²) in [4.78, 5) is 0.206. The van der Waals surface area contributed by atoms with Gasteiger partial charge in [0.1, 0.15) is 11.6 Å². The molecular weight excluding hydrogens is 540 g/mol. The Bertz CT molecular complexity index is 1430. The molecule has 178 valence electrons. The van der Waals surface area contributed by atoms with Crippen LogP contribution in [0, 0.1) is 0 Å². The zero-order chi connectivity index (χ0) is 24.3. The van der Waals surface area contributed by atoms with Gasteiger partial charge >= 0.3 is 0 Å². The second kappa shape index (κ2) is 10.4. The van der Waals surface area contributed by atoms with Crippen molar-refractivity contribution in [3.8, 4) is 16.9 Å². The standard InChI is InChI=1S/C24H24BrClN4O3S/c1-29(34(31,32)19-8-5-7-18(15-19)33-2)12-6-11-27-24-14-17(20-9-3-4-10-22(20)26)13-23-21(25)16-28-30(23)24/h3-5,7-10,13-16,27H,6,11-12H2,1-2H3. The highest BCUT2D eigenvalue weighted by atomic mass is 79.9. The molecule has 0 bridgehead atoms. The topological polar surface area (TPSA) is 75.9 Å². The molecule has 4 rings (SSSR count). The maximum Gasteiger partial charge on any atom is 0.242 e. The molecular formula is C24H24BrClN4O3S. The van der Waals surface area contributed by atoms with Gasteiger partial charge in [0.2, 0.25) is 10.0 Å². The van der Waals surface area contributed by atoms with E-state index in [0.29, 0.717) is 30.3 Å². The third-order valence-electron chi connectivity index (χ3n) is 5.46. The normalized spacial score (nSPS) is 11.8. The highest BCUT2D eigenvalue weighted by molar-refractivity contribution is 9.10. The fourth-order valence-corrected chi connectivity index (χ4v) is 5.48. The lowest BCUT2D eigenvalue weighted by atomic mass is 10.1. The molecule has 0 amide bonds. The Morgan fingerprint density at radius 1 is 1.15 bits per heavy atom. The van der Waals surface area contributed by atoms with E-state index in [4.69, 9.17) is 16.3 Å². The molecule has 0 fully saturated rings. The number of benzene rings is 2. The summed E-state index contributed by atoms with van der Waals surface area (Å²) in [7, 11) is -0.518. The van der Waals surface area contributed by atoms with Crippen LogP contribution in [0.4, 0.5) is 5.82 Å². The molecule has 2 aromatic heterocycles. The molecule has 0 saturated carbocycles. The minimum absolute atomic E-state index is 0.206. The van der Waals surface area contributed by atoms with Crippen LogP contribution >= 0.6 is 27.5 Å². The van der Waals surface area contributed by atoms with E-state index < -0.39 is 10.0 Å². The molecule has 0 aliphatic heterocycles. The van der Waals surface area contributed by atoms with Crippen molar-refractivity contribution < 1.29 is 13.2 Å². The van der Waals surface area contributed by atoms with Gasteiger partial charge in [-0.2, -0.15) is 5.10 Å². The molecule has 0 atom stereocenters. The number of halogens is 2. The van der Waals surface area contributed by atoms with E-state index in [9.17, 15) is 8.42 Å². The van der Waals surface area contributed by atoms with Gasteiger partial charge in [0, 0.05) is 36.8 Å². The molecule has 0 saturated heterocycles. The second-order valence-electron chi connectivity index (χ2n) is 7.68. The zero-order valence-corrected chi connectivity index (χ0v) is 21.9. The van der Waals surface area contributed by atoms with E-state index in [1.54, 1.807) is 36.0 Å². The van der Waals surface area contributed by atoms with Crippen molar-refractivity contribution in [2.45, 2.75) is 11.3 Å². The van der Waals surface area contributed by atoms with Crippen molar-refractivity contribution in [1.82, 2.24) is 13.9 Å². The van der Waals surface area contributed by atoms with E-state index in [1.165, 1.54) is 17.5 Å². The highest BCUT2D eigenvalue weighted by Crippen LogP contribution is 2.32. The molecule has 0 spiro atoms. The van der Waals surface area contributed by atoms with Crippen LogP contribution in [0.5, 0.6) is 5.75 Å². The number of rotatable bonds is 9. The van der Waals surface area contributed by atoms with E-state index >= 15 is 0 Å². The van der Waals surface area contributed by atoms with Gasteiger partial charge in [-0.1, -0.05) is 35.9 Å². The average Bonchev–Trinajstić information content (AvgIpc) is 3.22. The molecule has 34 heavy (non-hydrogen) atoms. The first-order valence-corrected chi connectivity index (χ1v) is 13.2. The Labute approximate surface area is 212 Å². The largest absolute Gasteiger partial charge is 0.497 e. The molecule has 1 N–H and O–H groups in total. The summed E-state index contributed by atoms with van der Waals surface area (Å²) in [6.07, 6.45) is 2.34. The smallest absolute Gasteiger partial charge is 0.242 e. The van der Waals surface area contributed by atoms with Gasteiger partial charge < -0.3 is 10.1 Å². The minimum atomic E-state index is -3.61. The first kappa shape index (κ1) is 24.5. The summed E-state index contributed by atoms with van der Waals surface area (Å²) >= 11 is 9.98. The molecule has 0 aliphatic carbocycles. The maximum absolute atomic E-state index is 12.9. The number of fused-ring (bicyclic) bond motifs is 1. The minimum Gasteiger partial charge on any atom is -0.497 e. The summed E-state index contributed by atoms with van der Waals surface area (Å²) in [5.74, 6) is 1.29. The lowest BCUT2D eigenvalue weighted by Crippen LogP contribution is -2.29. The van der Waals surface area contributed by atoms with Gasteiger partial charge in [0.05, 0.1) is 28.2 Å². The number of nitrogens with zero attached hydrogens (tertiary/aromatic N) is 3. The van der Waals surface area contributed by atoms with Crippen molar-refractivity contribution >= 4 is 48.9 Å². The summed E-state index contributed by atoms with van der Waals surface area (Å²) in [5, 5.41) is 8.50. The van der Waals surface area contributed by atoms with E-state index in [0.717, 1.165) is 26.9 Å². The van der Waals surface area contributed by atoms with E-state index in [2.05, 4.69) is 26.3 Å². The molecule has 2 heterocycles. The van der Waals surface area contributed by atoms with Gasteiger partial charge in [-0.3, -0.25) is 0 Å². The molecule has 0 unspecified atom stereocenters. The summed E-state index contributed by atoms with van der Waals surface area (Å²) < 4.78 is 35.0. The number of pyridine rings is 1. The van der Waals surface area contributed by atoms with Crippen LogP contribution in [0.15, 0.2) is 76.2 Å². The van der Waals surface area contributed by atoms with E-state index in [1.807, 2.05) is 36.4 Å². The third-order valence-corrected chi connectivity index (χ3v) is 8.26. The molecule has 0 radical (unpaired) electrons. The van der Waals surface area contributed by atoms with Crippen LogP contribution in [0.2, 0.25) is 5.02 Å². The van der Waals surface area contributed by atoms with Crippen molar-refractivity contribution in [3.63, 3.8) is 0 Å². The Morgan fingerprint density at radius 3 is 2.71 bits per heavy atom. The fraction of sp³-hybridized carbons (Fsp3) is 0.208. The lowest BCUT2D eigenvalue weighted by molar-refractivity contribution is 0.412. The average molecular weight is 564 g/mol. The number of hydrogen-bond donors (Lipinski definition) is 1. The van der Waals surface area contributed by atoms with Gasteiger partial charge in [0.25, 0.3) is 0 Å². The Morgan fingerprint density at radius 2 is 1.94 bits per heavy atom. The number of ether oxygens (including phenoxy) is 1. The molecule has 4 aromatic rings.